The van der Waals surface area contributed by atoms with Crippen molar-refractivity contribution in [3.63, 3.8) is 0 Å². The molecule has 0 spiro atoms. The molecule has 0 bridgehead atoms. The summed E-state index contributed by atoms with van der Waals surface area (Å²) in [5, 5.41) is 5.22. The van der Waals surface area contributed by atoms with Crippen LogP contribution in [-0.4, -0.2) is 41.5 Å². The first kappa shape index (κ1) is 22.5. The number of carbonyl (C=O) groups is 2. The van der Waals surface area contributed by atoms with Crippen molar-refractivity contribution in [2.75, 3.05) is 25.0 Å². The molecule has 3 N–H and O–H groups in total. The summed E-state index contributed by atoms with van der Waals surface area (Å²) < 4.78 is 42.8. The van der Waals surface area contributed by atoms with Gasteiger partial charge in [0, 0.05) is 25.0 Å². The molecule has 0 aliphatic rings. The smallest absolute Gasteiger partial charge is 0.417 e. The lowest BCUT2D eigenvalue weighted by Gasteiger charge is -2.11. The lowest BCUT2D eigenvalue weighted by molar-refractivity contribution is -0.137. The van der Waals surface area contributed by atoms with Gasteiger partial charge in [-0.1, -0.05) is 11.6 Å². The number of pyridine rings is 1. The van der Waals surface area contributed by atoms with E-state index < -0.39 is 23.6 Å². The van der Waals surface area contributed by atoms with Gasteiger partial charge in [-0.25, -0.2) is 9.78 Å². The standard InChI is InChI=1S/C18H20ClF3N4O3/c1-4-29-17(28)13-9(2)14(26-10(13)3)16(27)24-6-5-23-15-12(19)7-11(8-25-15)18(20,21)22/h7-8,26H,4-6H2,1-3H3,(H,23,25)(H,24,27). The van der Waals surface area contributed by atoms with E-state index in [9.17, 15) is 22.8 Å². The quantitative estimate of drug-likeness (QED) is 0.458. The zero-order valence-corrected chi connectivity index (χ0v) is 16.7. The molecule has 11 heteroatoms. The molecular weight excluding hydrogens is 413 g/mol. The second kappa shape index (κ2) is 9.17. The maximum absolute atomic E-state index is 12.6. The summed E-state index contributed by atoms with van der Waals surface area (Å²) >= 11 is 5.81. The number of hydrogen-bond acceptors (Lipinski definition) is 5. The van der Waals surface area contributed by atoms with Crippen LogP contribution in [0.3, 0.4) is 0 Å². The average molecular weight is 433 g/mol. The Morgan fingerprint density at radius 3 is 2.55 bits per heavy atom. The third-order valence-corrected chi connectivity index (χ3v) is 4.30. The Morgan fingerprint density at radius 2 is 1.97 bits per heavy atom. The molecule has 7 nitrogen and oxygen atoms in total. The van der Waals surface area contributed by atoms with E-state index >= 15 is 0 Å². The van der Waals surface area contributed by atoms with E-state index in [1.54, 1.807) is 20.8 Å². The minimum absolute atomic E-state index is 0.0745. The fourth-order valence-corrected chi connectivity index (χ4v) is 2.89. The number of amides is 1. The predicted molar refractivity (Wildman–Crippen MR) is 101 cm³/mol. The number of carbonyl (C=O) groups excluding carboxylic acids is 2. The Morgan fingerprint density at radius 1 is 1.28 bits per heavy atom. The number of anilines is 1. The number of H-pyrrole nitrogens is 1. The average Bonchev–Trinajstić information content (AvgIpc) is 2.93. The Hall–Kier alpha value is -2.75. The topological polar surface area (TPSA) is 96.1 Å². The second-order valence-electron chi connectivity index (χ2n) is 6.08. The largest absolute Gasteiger partial charge is 0.462 e. The molecule has 2 rings (SSSR count). The molecule has 0 aliphatic carbocycles. The van der Waals surface area contributed by atoms with Crippen LogP contribution in [0.25, 0.3) is 0 Å². The number of nitrogens with one attached hydrogen (secondary N) is 3. The number of halogens is 4. The van der Waals surface area contributed by atoms with E-state index in [2.05, 4.69) is 20.6 Å². The Labute approximate surface area is 170 Å². The molecule has 2 aromatic rings. The van der Waals surface area contributed by atoms with Gasteiger partial charge in [-0.15, -0.1) is 0 Å². The molecule has 2 heterocycles. The number of aromatic amines is 1. The van der Waals surface area contributed by atoms with E-state index in [4.69, 9.17) is 16.3 Å². The molecule has 1 amide bonds. The molecule has 158 valence electrons. The monoisotopic (exact) mass is 432 g/mol. The number of nitrogens with zero attached hydrogens (tertiary/aromatic N) is 1. The summed E-state index contributed by atoms with van der Waals surface area (Å²) in [6, 6.07) is 0.775. The molecule has 0 atom stereocenters. The Bertz CT molecular complexity index is 912. The number of rotatable bonds is 7. The van der Waals surface area contributed by atoms with Gasteiger partial charge < -0.3 is 20.4 Å². The first-order valence-corrected chi connectivity index (χ1v) is 9.05. The van der Waals surface area contributed by atoms with Gasteiger partial charge in [0.15, 0.2) is 0 Å². The van der Waals surface area contributed by atoms with Gasteiger partial charge in [-0.3, -0.25) is 4.79 Å². The van der Waals surface area contributed by atoms with Crippen LogP contribution in [0.15, 0.2) is 12.3 Å². The van der Waals surface area contributed by atoms with Crippen LogP contribution < -0.4 is 10.6 Å². The minimum atomic E-state index is -4.53. The summed E-state index contributed by atoms with van der Waals surface area (Å²) in [5.74, 6) is -0.873. The lowest BCUT2D eigenvalue weighted by atomic mass is 10.1. The molecule has 0 aliphatic heterocycles. The van der Waals surface area contributed by atoms with E-state index in [-0.39, 0.29) is 36.2 Å². The molecule has 0 unspecified atom stereocenters. The fraction of sp³-hybridized carbons (Fsp3) is 0.389. The van der Waals surface area contributed by atoms with E-state index in [1.807, 2.05) is 0 Å². The summed E-state index contributed by atoms with van der Waals surface area (Å²) in [6.07, 6.45) is -3.85. The Balaban J connectivity index is 1.94. The maximum atomic E-state index is 12.6. The zero-order chi connectivity index (χ0) is 21.8. The number of aryl methyl sites for hydroxylation is 1. The fourth-order valence-electron chi connectivity index (χ4n) is 2.65. The number of aromatic nitrogens is 2. The molecule has 29 heavy (non-hydrogen) atoms. The lowest BCUT2D eigenvalue weighted by Crippen LogP contribution is -2.29. The van der Waals surface area contributed by atoms with Crippen LogP contribution >= 0.6 is 11.6 Å². The van der Waals surface area contributed by atoms with Gasteiger partial charge >= 0.3 is 12.1 Å². The van der Waals surface area contributed by atoms with Crippen molar-refractivity contribution in [1.29, 1.82) is 0 Å². The SMILES string of the molecule is CCOC(=O)c1c(C)[nH]c(C(=O)NCCNc2ncc(C(F)(F)F)cc2Cl)c1C. The number of ether oxygens (including phenoxy) is 1. The maximum Gasteiger partial charge on any atom is 0.417 e. The highest BCUT2D eigenvalue weighted by molar-refractivity contribution is 6.32. The van der Waals surface area contributed by atoms with Crippen molar-refractivity contribution in [3.8, 4) is 0 Å². The molecule has 0 aromatic carbocycles. The van der Waals surface area contributed by atoms with Gasteiger partial charge in [0.2, 0.25) is 0 Å². The van der Waals surface area contributed by atoms with Crippen molar-refractivity contribution in [2.24, 2.45) is 0 Å². The molecular formula is C18H20ClF3N4O3. The van der Waals surface area contributed by atoms with Crippen molar-refractivity contribution < 1.29 is 27.5 Å². The van der Waals surface area contributed by atoms with Crippen LogP contribution in [0.2, 0.25) is 5.02 Å². The minimum Gasteiger partial charge on any atom is -0.462 e. The normalized spacial score (nSPS) is 11.3. The highest BCUT2D eigenvalue weighted by Crippen LogP contribution is 2.32. The Kier molecular flexibility index (Phi) is 7.12. The van der Waals surface area contributed by atoms with Crippen molar-refractivity contribution in [1.82, 2.24) is 15.3 Å². The first-order valence-electron chi connectivity index (χ1n) is 8.67. The molecule has 0 saturated heterocycles. The van der Waals surface area contributed by atoms with Crippen LogP contribution in [0.1, 0.15) is 44.6 Å². The first-order chi connectivity index (χ1) is 13.6. The van der Waals surface area contributed by atoms with E-state index in [1.165, 1.54) is 0 Å². The van der Waals surface area contributed by atoms with Gasteiger partial charge in [-0.05, 0) is 32.4 Å². The summed E-state index contributed by atoms with van der Waals surface area (Å²) in [4.78, 5) is 30.9. The zero-order valence-electron chi connectivity index (χ0n) is 16.0. The molecule has 2 aromatic heterocycles. The third kappa shape index (κ3) is 5.41. The van der Waals surface area contributed by atoms with Gasteiger partial charge in [-0.2, -0.15) is 13.2 Å². The van der Waals surface area contributed by atoms with Crippen LogP contribution in [0, 0.1) is 13.8 Å². The van der Waals surface area contributed by atoms with E-state index in [0.717, 1.165) is 6.07 Å². The third-order valence-electron chi connectivity index (χ3n) is 4.02. The number of hydrogen-bond donors (Lipinski definition) is 3. The highest BCUT2D eigenvalue weighted by Gasteiger charge is 2.31. The predicted octanol–water partition coefficient (Wildman–Crippen LogP) is 3.72. The summed E-state index contributed by atoms with van der Waals surface area (Å²) in [5.41, 5.74) is 0.590. The number of alkyl halides is 3. The van der Waals surface area contributed by atoms with Crippen LogP contribution in [0.5, 0.6) is 0 Å². The van der Waals surface area contributed by atoms with E-state index in [0.29, 0.717) is 23.0 Å². The van der Waals surface area contributed by atoms with Crippen LogP contribution in [-0.2, 0) is 10.9 Å². The van der Waals surface area contributed by atoms with Gasteiger partial charge in [0.1, 0.15) is 11.5 Å². The van der Waals surface area contributed by atoms with Crippen molar-refractivity contribution in [3.05, 3.63) is 45.4 Å². The van der Waals surface area contributed by atoms with Gasteiger partial charge in [0.25, 0.3) is 5.91 Å². The van der Waals surface area contributed by atoms with Crippen molar-refractivity contribution >= 4 is 29.3 Å². The summed E-state index contributed by atoms with van der Waals surface area (Å²) in [6.45, 7) is 5.52. The number of esters is 1. The summed E-state index contributed by atoms with van der Waals surface area (Å²) in [7, 11) is 0. The molecule has 0 saturated carbocycles. The van der Waals surface area contributed by atoms with Gasteiger partial charge in [0.05, 0.1) is 22.8 Å². The molecule has 0 radical (unpaired) electrons. The van der Waals surface area contributed by atoms with Crippen LogP contribution in [0.4, 0.5) is 19.0 Å². The highest BCUT2D eigenvalue weighted by atomic mass is 35.5. The molecule has 0 fully saturated rings. The van der Waals surface area contributed by atoms with Crippen molar-refractivity contribution in [2.45, 2.75) is 26.9 Å². The second-order valence-corrected chi connectivity index (χ2v) is 6.49.